The third kappa shape index (κ3) is 3.14. The fourth-order valence-corrected chi connectivity index (χ4v) is 4.05. The van der Waals surface area contributed by atoms with E-state index in [1.807, 2.05) is 17.0 Å². The smallest absolute Gasteiger partial charge is 0.237 e. The third-order valence-electron chi connectivity index (χ3n) is 5.58. The number of likely N-dealkylation sites (tertiary alicyclic amines) is 1. The highest BCUT2D eigenvalue weighted by atomic mass is 16.2. The quantitative estimate of drug-likeness (QED) is 0.882. The fraction of sp³-hybridized carbons (Fsp3) is 0.474. The zero-order valence-electron chi connectivity index (χ0n) is 14.3. The van der Waals surface area contributed by atoms with Gasteiger partial charge in [0.05, 0.1) is 6.54 Å². The first-order valence-electron chi connectivity index (χ1n) is 8.99. The molecule has 1 saturated heterocycles. The Morgan fingerprint density at radius 2 is 1.92 bits per heavy atom. The van der Waals surface area contributed by atoms with Crippen LogP contribution in [0.4, 0.5) is 0 Å². The predicted molar refractivity (Wildman–Crippen MR) is 95.8 cm³/mol. The van der Waals surface area contributed by atoms with Crippen molar-refractivity contribution in [3.05, 3.63) is 35.5 Å². The second kappa shape index (κ2) is 6.52. The van der Waals surface area contributed by atoms with Crippen molar-refractivity contribution in [2.45, 2.75) is 25.8 Å². The summed E-state index contributed by atoms with van der Waals surface area (Å²) in [5, 5.41) is 1.22. The zero-order valence-corrected chi connectivity index (χ0v) is 14.3. The van der Waals surface area contributed by atoms with Crippen molar-refractivity contribution < 1.29 is 9.59 Å². The van der Waals surface area contributed by atoms with Crippen molar-refractivity contribution in [1.82, 2.24) is 14.8 Å². The van der Waals surface area contributed by atoms with E-state index in [2.05, 4.69) is 22.0 Å². The molecule has 2 aromatic rings. The summed E-state index contributed by atoms with van der Waals surface area (Å²) in [5.41, 5.74) is 9.03. The van der Waals surface area contributed by atoms with Crippen LogP contribution in [0.25, 0.3) is 10.9 Å². The molecular formula is C19H24N4O2. The van der Waals surface area contributed by atoms with E-state index in [0.29, 0.717) is 13.1 Å². The lowest BCUT2D eigenvalue weighted by molar-refractivity contribution is -0.133. The zero-order chi connectivity index (χ0) is 17.4. The van der Waals surface area contributed by atoms with Gasteiger partial charge in [-0.15, -0.1) is 0 Å². The highest BCUT2D eigenvalue weighted by Gasteiger charge is 2.28. The lowest BCUT2D eigenvalue weighted by atomic mass is 9.96. The van der Waals surface area contributed by atoms with Crippen LogP contribution in [0.2, 0.25) is 0 Å². The SMILES string of the molecule is NC(=O)C1CCN(CC(=O)N2CCc3[nH]c4ccccc4c3C2)CC1. The number of primary amides is 1. The van der Waals surface area contributed by atoms with Crippen LogP contribution in [-0.2, 0) is 22.6 Å². The molecule has 3 N–H and O–H groups in total. The molecule has 4 rings (SSSR count). The van der Waals surface area contributed by atoms with Crippen molar-refractivity contribution in [3.8, 4) is 0 Å². The summed E-state index contributed by atoms with van der Waals surface area (Å²) in [7, 11) is 0. The van der Waals surface area contributed by atoms with Gasteiger partial charge in [-0.2, -0.15) is 0 Å². The number of rotatable bonds is 3. The van der Waals surface area contributed by atoms with Crippen LogP contribution in [-0.4, -0.2) is 52.8 Å². The maximum Gasteiger partial charge on any atom is 0.237 e. The lowest BCUT2D eigenvalue weighted by Gasteiger charge is -2.33. The number of nitrogens with two attached hydrogens (primary N) is 1. The van der Waals surface area contributed by atoms with Crippen molar-refractivity contribution in [1.29, 1.82) is 0 Å². The Morgan fingerprint density at radius 3 is 2.68 bits per heavy atom. The number of carbonyl (C=O) groups is 2. The van der Waals surface area contributed by atoms with Gasteiger partial charge in [0.25, 0.3) is 0 Å². The van der Waals surface area contributed by atoms with Gasteiger partial charge in [0.15, 0.2) is 0 Å². The van der Waals surface area contributed by atoms with E-state index >= 15 is 0 Å². The maximum atomic E-state index is 12.7. The fourth-order valence-electron chi connectivity index (χ4n) is 4.05. The molecule has 132 valence electrons. The van der Waals surface area contributed by atoms with Crippen LogP contribution >= 0.6 is 0 Å². The molecule has 3 heterocycles. The van der Waals surface area contributed by atoms with Crippen molar-refractivity contribution in [3.63, 3.8) is 0 Å². The minimum Gasteiger partial charge on any atom is -0.369 e. The Balaban J connectivity index is 1.40. The molecule has 1 fully saturated rings. The number of aromatic nitrogens is 1. The number of carbonyl (C=O) groups excluding carboxylic acids is 2. The van der Waals surface area contributed by atoms with Crippen LogP contribution in [0, 0.1) is 5.92 Å². The Kier molecular flexibility index (Phi) is 4.21. The number of hydrogen-bond donors (Lipinski definition) is 2. The average Bonchev–Trinajstić information content (AvgIpc) is 3.00. The minimum absolute atomic E-state index is 0.0323. The number of fused-ring (bicyclic) bond motifs is 3. The summed E-state index contributed by atoms with van der Waals surface area (Å²) >= 11 is 0. The molecule has 25 heavy (non-hydrogen) atoms. The standard InChI is InChI=1S/C19H24N4O2/c20-19(25)13-5-8-22(9-6-13)12-18(24)23-10-7-17-15(11-23)14-3-1-2-4-16(14)21-17/h1-4,13,21H,5-12H2,(H2,20,25). The average molecular weight is 340 g/mol. The van der Waals surface area contributed by atoms with E-state index in [9.17, 15) is 9.59 Å². The maximum absolute atomic E-state index is 12.7. The molecule has 0 aliphatic carbocycles. The van der Waals surface area contributed by atoms with E-state index in [1.165, 1.54) is 16.6 Å². The molecule has 0 atom stereocenters. The number of para-hydroxylation sites is 1. The molecule has 1 aromatic heterocycles. The van der Waals surface area contributed by atoms with E-state index < -0.39 is 0 Å². The molecule has 2 aliphatic heterocycles. The number of H-pyrrole nitrogens is 1. The van der Waals surface area contributed by atoms with Crippen molar-refractivity contribution in [2.24, 2.45) is 11.7 Å². The first-order valence-corrected chi connectivity index (χ1v) is 8.99. The number of nitrogens with zero attached hydrogens (tertiary/aromatic N) is 2. The molecule has 6 heteroatoms. The van der Waals surface area contributed by atoms with Gasteiger partial charge in [0.1, 0.15) is 0 Å². The normalized spacial score (nSPS) is 19.1. The van der Waals surface area contributed by atoms with Crippen LogP contribution < -0.4 is 5.73 Å². The Bertz CT molecular complexity index is 805. The summed E-state index contributed by atoms with van der Waals surface area (Å²) in [6.45, 7) is 3.41. The number of hydrogen-bond acceptors (Lipinski definition) is 3. The van der Waals surface area contributed by atoms with Gasteiger partial charge in [0.2, 0.25) is 11.8 Å². The number of aromatic amines is 1. The van der Waals surface area contributed by atoms with E-state index in [0.717, 1.165) is 44.4 Å². The summed E-state index contributed by atoms with van der Waals surface area (Å²) < 4.78 is 0. The van der Waals surface area contributed by atoms with Crippen LogP contribution in [0.15, 0.2) is 24.3 Å². The summed E-state index contributed by atoms with van der Waals surface area (Å²) in [6, 6.07) is 8.28. The Morgan fingerprint density at radius 1 is 1.16 bits per heavy atom. The van der Waals surface area contributed by atoms with Gasteiger partial charge < -0.3 is 15.6 Å². The third-order valence-corrected chi connectivity index (χ3v) is 5.58. The van der Waals surface area contributed by atoms with Gasteiger partial charge in [0, 0.05) is 47.6 Å². The molecular weight excluding hydrogens is 316 g/mol. The minimum atomic E-state index is -0.214. The predicted octanol–water partition coefficient (Wildman–Crippen LogP) is 1.25. The van der Waals surface area contributed by atoms with Crippen LogP contribution in [0.5, 0.6) is 0 Å². The second-order valence-electron chi connectivity index (χ2n) is 7.15. The van der Waals surface area contributed by atoms with E-state index in [1.54, 1.807) is 0 Å². The summed E-state index contributed by atoms with van der Waals surface area (Å²) in [6.07, 6.45) is 2.39. The molecule has 0 saturated carbocycles. The number of benzene rings is 1. The highest BCUT2D eigenvalue weighted by molar-refractivity contribution is 5.86. The topological polar surface area (TPSA) is 82.4 Å². The monoisotopic (exact) mass is 340 g/mol. The van der Waals surface area contributed by atoms with Crippen LogP contribution in [0.3, 0.4) is 0 Å². The molecule has 0 radical (unpaired) electrons. The van der Waals surface area contributed by atoms with Gasteiger partial charge in [-0.3, -0.25) is 14.5 Å². The number of amides is 2. The van der Waals surface area contributed by atoms with Gasteiger partial charge in [-0.1, -0.05) is 18.2 Å². The first-order chi connectivity index (χ1) is 12.1. The molecule has 2 aliphatic rings. The molecule has 0 spiro atoms. The van der Waals surface area contributed by atoms with Crippen molar-refractivity contribution in [2.75, 3.05) is 26.2 Å². The molecule has 0 unspecified atom stereocenters. The van der Waals surface area contributed by atoms with Gasteiger partial charge in [-0.05, 0) is 32.0 Å². The number of nitrogens with one attached hydrogen (secondary N) is 1. The van der Waals surface area contributed by atoms with Crippen LogP contribution in [0.1, 0.15) is 24.1 Å². The summed E-state index contributed by atoms with van der Waals surface area (Å²) in [5.74, 6) is -0.0718. The van der Waals surface area contributed by atoms with Crippen molar-refractivity contribution >= 4 is 22.7 Å². The molecule has 6 nitrogen and oxygen atoms in total. The van der Waals surface area contributed by atoms with Gasteiger partial charge in [-0.25, -0.2) is 0 Å². The number of piperidine rings is 1. The Labute approximate surface area is 147 Å². The second-order valence-corrected chi connectivity index (χ2v) is 7.15. The first kappa shape index (κ1) is 16.1. The molecule has 2 amide bonds. The van der Waals surface area contributed by atoms with Gasteiger partial charge >= 0.3 is 0 Å². The highest BCUT2D eigenvalue weighted by Crippen LogP contribution is 2.27. The largest absolute Gasteiger partial charge is 0.369 e. The Hall–Kier alpha value is -2.34. The van der Waals surface area contributed by atoms with E-state index in [-0.39, 0.29) is 17.7 Å². The molecule has 1 aromatic carbocycles. The lowest BCUT2D eigenvalue weighted by Crippen LogP contribution is -2.46. The van der Waals surface area contributed by atoms with E-state index in [4.69, 9.17) is 5.73 Å². The molecule has 0 bridgehead atoms. The summed E-state index contributed by atoms with van der Waals surface area (Å²) in [4.78, 5) is 31.6.